The number of hydrogen-bond donors (Lipinski definition) is 4. The number of benzene rings is 1. The molecule has 4 N–H and O–H groups in total. The standard InChI is InChI=1S/C19H22N4O3/c1-3-10(2)23-18(25)14(17(24)22-19(23)26)16-15-12(8-9-20-16)11-6-4-5-7-13(11)21-15/h4-7,10,16,20-21,25H,3,8-9H2,1-2H3,(H,22,24,26)/t10-,16-/m0/s1. The fraction of sp³-hybridized carbons (Fsp3) is 0.368. The molecule has 2 aromatic heterocycles. The summed E-state index contributed by atoms with van der Waals surface area (Å²) in [5.74, 6) is -0.267. The van der Waals surface area contributed by atoms with Gasteiger partial charge in [-0.3, -0.25) is 14.3 Å². The summed E-state index contributed by atoms with van der Waals surface area (Å²) in [6.07, 6.45) is 1.49. The van der Waals surface area contributed by atoms with Crippen molar-refractivity contribution in [1.29, 1.82) is 0 Å². The molecule has 0 saturated heterocycles. The Kier molecular flexibility index (Phi) is 3.96. The lowest BCUT2D eigenvalue weighted by atomic mass is 9.95. The smallest absolute Gasteiger partial charge is 0.331 e. The number of aromatic nitrogens is 3. The van der Waals surface area contributed by atoms with Gasteiger partial charge in [0.15, 0.2) is 0 Å². The normalized spacial score (nSPS) is 18.0. The van der Waals surface area contributed by atoms with Crippen LogP contribution in [0.4, 0.5) is 0 Å². The molecule has 0 unspecified atom stereocenters. The van der Waals surface area contributed by atoms with Gasteiger partial charge in [0.25, 0.3) is 5.56 Å². The minimum Gasteiger partial charge on any atom is -0.494 e. The topological polar surface area (TPSA) is 103 Å². The zero-order valence-electron chi connectivity index (χ0n) is 14.8. The Labute approximate surface area is 149 Å². The van der Waals surface area contributed by atoms with Gasteiger partial charge < -0.3 is 15.4 Å². The highest BCUT2D eigenvalue weighted by Gasteiger charge is 2.31. The SMILES string of the molecule is CC[C@H](C)n1c(O)c([C@@H]2NCCc3c2[nH]c2ccccc32)c(=O)[nH]c1=O. The molecule has 1 aromatic carbocycles. The number of nitrogens with zero attached hydrogens (tertiary/aromatic N) is 1. The van der Waals surface area contributed by atoms with Crippen molar-refractivity contribution < 1.29 is 5.11 Å². The van der Waals surface area contributed by atoms with E-state index in [4.69, 9.17) is 0 Å². The second-order valence-electron chi connectivity index (χ2n) is 6.82. The number of para-hydroxylation sites is 1. The van der Waals surface area contributed by atoms with E-state index >= 15 is 0 Å². The van der Waals surface area contributed by atoms with Crippen molar-refractivity contribution in [2.45, 2.75) is 38.8 Å². The molecule has 7 nitrogen and oxygen atoms in total. The van der Waals surface area contributed by atoms with E-state index in [0.717, 1.165) is 28.6 Å². The van der Waals surface area contributed by atoms with Gasteiger partial charge in [0.1, 0.15) is 5.56 Å². The molecule has 0 aliphatic carbocycles. The van der Waals surface area contributed by atoms with E-state index in [-0.39, 0.29) is 17.5 Å². The molecule has 0 amide bonds. The van der Waals surface area contributed by atoms with Crippen LogP contribution in [-0.2, 0) is 6.42 Å². The Hall–Kier alpha value is -2.80. The highest BCUT2D eigenvalue weighted by atomic mass is 16.3. The molecule has 3 heterocycles. The molecule has 0 fully saturated rings. The second-order valence-corrected chi connectivity index (χ2v) is 6.82. The van der Waals surface area contributed by atoms with Crippen LogP contribution >= 0.6 is 0 Å². The van der Waals surface area contributed by atoms with Gasteiger partial charge in [-0.15, -0.1) is 0 Å². The Morgan fingerprint density at radius 1 is 1.27 bits per heavy atom. The first-order valence-electron chi connectivity index (χ1n) is 8.93. The lowest BCUT2D eigenvalue weighted by Gasteiger charge is -2.26. The number of hydrogen-bond acceptors (Lipinski definition) is 4. The third-order valence-corrected chi connectivity index (χ3v) is 5.33. The van der Waals surface area contributed by atoms with E-state index in [1.165, 1.54) is 4.57 Å². The van der Waals surface area contributed by atoms with Gasteiger partial charge in [-0.25, -0.2) is 4.79 Å². The Balaban J connectivity index is 1.96. The van der Waals surface area contributed by atoms with Gasteiger partial charge in [-0.05, 0) is 31.4 Å². The number of fused-ring (bicyclic) bond motifs is 3. The molecular weight excluding hydrogens is 332 g/mol. The molecule has 0 saturated carbocycles. The van der Waals surface area contributed by atoms with Crippen molar-refractivity contribution in [3.8, 4) is 5.88 Å². The summed E-state index contributed by atoms with van der Waals surface area (Å²) in [7, 11) is 0. The van der Waals surface area contributed by atoms with Crippen LogP contribution < -0.4 is 16.6 Å². The molecule has 4 rings (SSSR count). The zero-order chi connectivity index (χ0) is 18.4. The molecule has 1 aliphatic heterocycles. The van der Waals surface area contributed by atoms with Crippen LogP contribution in [0.15, 0.2) is 33.9 Å². The average molecular weight is 354 g/mol. The highest BCUT2D eigenvalue weighted by molar-refractivity contribution is 5.85. The van der Waals surface area contributed by atoms with E-state index in [2.05, 4.69) is 21.4 Å². The third kappa shape index (κ3) is 2.39. The van der Waals surface area contributed by atoms with E-state index in [0.29, 0.717) is 13.0 Å². The molecule has 2 atom stereocenters. The molecule has 1 aliphatic rings. The quantitative estimate of drug-likeness (QED) is 0.577. The van der Waals surface area contributed by atoms with E-state index < -0.39 is 17.3 Å². The Bertz CT molecular complexity index is 1090. The third-order valence-electron chi connectivity index (χ3n) is 5.33. The summed E-state index contributed by atoms with van der Waals surface area (Å²) in [5.41, 5.74) is 2.04. The monoisotopic (exact) mass is 354 g/mol. The van der Waals surface area contributed by atoms with Crippen LogP contribution in [0.5, 0.6) is 5.88 Å². The van der Waals surface area contributed by atoms with Crippen molar-refractivity contribution in [1.82, 2.24) is 19.9 Å². The minimum absolute atomic E-state index is 0.178. The molecule has 0 radical (unpaired) electrons. The maximum atomic E-state index is 12.6. The molecule has 3 aromatic rings. The van der Waals surface area contributed by atoms with Gasteiger partial charge in [0.2, 0.25) is 5.88 Å². The summed E-state index contributed by atoms with van der Waals surface area (Å²) in [4.78, 5) is 30.5. The van der Waals surface area contributed by atoms with Crippen LogP contribution in [0.25, 0.3) is 10.9 Å². The number of rotatable bonds is 3. The molecule has 0 bridgehead atoms. The van der Waals surface area contributed by atoms with Crippen LogP contribution in [0.1, 0.15) is 49.2 Å². The first-order valence-corrected chi connectivity index (χ1v) is 8.93. The fourth-order valence-electron chi connectivity index (χ4n) is 3.83. The summed E-state index contributed by atoms with van der Waals surface area (Å²) in [6.45, 7) is 4.45. The first kappa shape index (κ1) is 16.7. The van der Waals surface area contributed by atoms with Gasteiger partial charge in [-0.2, -0.15) is 0 Å². The largest absolute Gasteiger partial charge is 0.494 e. The predicted octanol–water partition coefficient (Wildman–Crippen LogP) is 1.93. The number of nitrogens with one attached hydrogen (secondary N) is 3. The first-order chi connectivity index (χ1) is 12.5. The Morgan fingerprint density at radius 2 is 2.04 bits per heavy atom. The number of aromatic hydroxyl groups is 1. The molecule has 7 heteroatoms. The van der Waals surface area contributed by atoms with Crippen LogP contribution in [-0.4, -0.2) is 26.2 Å². The summed E-state index contributed by atoms with van der Waals surface area (Å²) < 4.78 is 1.26. The number of aromatic amines is 2. The summed E-state index contributed by atoms with van der Waals surface area (Å²) >= 11 is 0. The maximum Gasteiger partial charge on any atom is 0.331 e. The lowest BCUT2D eigenvalue weighted by Crippen LogP contribution is -2.39. The van der Waals surface area contributed by atoms with Gasteiger partial charge >= 0.3 is 5.69 Å². The summed E-state index contributed by atoms with van der Waals surface area (Å²) in [5, 5.41) is 15.2. The lowest BCUT2D eigenvalue weighted by molar-refractivity contribution is 0.353. The van der Waals surface area contributed by atoms with Crippen molar-refractivity contribution in [3.63, 3.8) is 0 Å². The van der Waals surface area contributed by atoms with E-state index in [9.17, 15) is 14.7 Å². The van der Waals surface area contributed by atoms with Crippen molar-refractivity contribution in [2.24, 2.45) is 0 Å². The van der Waals surface area contributed by atoms with Crippen LogP contribution in [0.2, 0.25) is 0 Å². The highest BCUT2D eigenvalue weighted by Crippen LogP contribution is 2.35. The molecular formula is C19H22N4O3. The van der Waals surface area contributed by atoms with Gasteiger partial charge in [0, 0.05) is 29.2 Å². The van der Waals surface area contributed by atoms with Gasteiger partial charge in [-0.1, -0.05) is 25.1 Å². The predicted molar refractivity (Wildman–Crippen MR) is 99.8 cm³/mol. The maximum absolute atomic E-state index is 12.6. The zero-order valence-corrected chi connectivity index (χ0v) is 14.8. The second kappa shape index (κ2) is 6.17. The van der Waals surface area contributed by atoms with Crippen molar-refractivity contribution >= 4 is 10.9 Å². The number of H-pyrrole nitrogens is 2. The van der Waals surface area contributed by atoms with Crippen LogP contribution in [0.3, 0.4) is 0 Å². The van der Waals surface area contributed by atoms with Crippen molar-refractivity contribution in [3.05, 3.63) is 61.9 Å². The van der Waals surface area contributed by atoms with E-state index in [1.807, 2.05) is 32.0 Å². The van der Waals surface area contributed by atoms with Crippen molar-refractivity contribution in [2.75, 3.05) is 6.54 Å². The molecule has 136 valence electrons. The average Bonchev–Trinajstić information content (AvgIpc) is 3.00. The molecule has 26 heavy (non-hydrogen) atoms. The minimum atomic E-state index is -0.585. The fourth-order valence-corrected chi connectivity index (χ4v) is 3.83. The summed E-state index contributed by atoms with van der Waals surface area (Å²) in [6, 6.07) is 7.28. The van der Waals surface area contributed by atoms with Gasteiger partial charge in [0.05, 0.1) is 6.04 Å². The van der Waals surface area contributed by atoms with Crippen LogP contribution in [0, 0.1) is 0 Å². The van der Waals surface area contributed by atoms with E-state index in [1.54, 1.807) is 0 Å². The molecule has 0 spiro atoms. The Morgan fingerprint density at radius 3 is 2.81 bits per heavy atom.